The van der Waals surface area contributed by atoms with Crippen LogP contribution in [0.15, 0.2) is 30.3 Å². The van der Waals surface area contributed by atoms with E-state index < -0.39 is 17.5 Å². The molecule has 1 rings (SSSR count). The van der Waals surface area contributed by atoms with Crippen molar-refractivity contribution in [1.82, 2.24) is 0 Å². The topological polar surface area (TPSA) is 46.5 Å². The van der Waals surface area contributed by atoms with Gasteiger partial charge in [-0.3, -0.25) is 0 Å². The summed E-state index contributed by atoms with van der Waals surface area (Å²) in [4.78, 5) is 11.5. The first-order valence-corrected chi connectivity index (χ1v) is 6.56. The van der Waals surface area contributed by atoms with Crippen molar-refractivity contribution >= 4 is 5.97 Å². The molecule has 0 amide bonds. The van der Waals surface area contributed by atoms with Gasteiger partial charge >= 0.3 is 5.97 Å². The van der Waals surface area contributed by atoms with E-state index in [1.165, 1.54) is 0 Å². The van der Waals surface area contributed by atoms with E-state index in [4.69, 9.17) is 4.74 Å². The van der Waals surface area contributed by atoms with Gasteiger partial charge in [0, 0.05) is 5.41 Å². The normalized spacial score (nSPS) is 13.9. The number of hydrogen-bond acceptors (Lipinski definition) is 2. The zero-order chi connectivity index (χ0) is 14.7. The van der Waals surface area contributed by atoms with Crippen molar-refractivity contribution in [3.8, 4) is 5.75 Å². The molecule has 0 heterocycles. The van der Waals surface area contributed by atoms with E-state index in [0.29, 0.717) is 5.75 Å². The van der Waals surface area contributed by atoms with Crippen LogP contribution in [0.5, 0.6) is 5.75 Å². The quantitative estimate of drug-likeness (QED) is 0.875. The molecular formula is C16H24O3. The van der Waals surface area contributed by atoms with Crippen LogP contribution in [0, 0.1) is 10.8 Å². The van der Waals surface area contributed by atoms with Gasteiger partial charge in [0.05, 0.1) is 0 Å². The van der Waals surface area contributed by atoms with Crippen LogP contribution in [0.2, 0.25) is 0 Å². The van der Waals surface area contributed by atoms with E-state index in [9.17, 15) is 9.90 Å². The lowest BCUT2D eigenvalue weighted by Gasteiger charge is -2.36. The first kappa shape index (κ1) is 15.5. The minimum atomic E-state index is -0.918. The first-order valence-electron chi connectivity index (χ1n) is 6.56. The average Bonchev–Trinajstić information content (AvgIpc) is 2.23. The lowest BCUT2D eigenvalue weighted by Crippen LogP contribution is -2.43. The van der Waals surface area contributed by atoms with E-state index >= 15 is 0 Å². The number of para-hydroxylation sites is 1. The van der Waals surface area contributed by atoms with Crippen LogP contribution in [0.1, 0.15) is 41.0 Å². The highest BCUT2D eigenvalue weighted by atomic mass is 16.5. The van der Waals surface area contributed by atoms with Gasteiger partial charge in [-0.2, -0.15) is 0 Å². The highest BCUT2D eigenvalue weighted by Gasteiger charge is 2.40. The summed E-state index contributed by atoms with van der Waals surface area (Å²) in [5, 5.41) is 9.44. The average molecular weight is 264 g/mol. The molecule has 1 unspecified atom stereocenters. The third-order valence-electron chi connectivity index (χ3n) is 2.92. The Morgan fingerprint density at radius 3 is 2.11 bits per heavy atom. The van der Waals surface area contributed by atoms with E-state index in [0.717, 1.165) is 6.42 Å². The van der Waals surface area contributed by atoms with Gasteiger partial charge in [0.15, 0.2) is 0 Å². The molecule has 3 heteroatoms. The van der Waals surface area contributed by atoms with Crippen LogP contribution in [0.25, 0.3) is 0 Å². The van der Waals surface area contributed by atoms with Gasteiger partial charge in [-0.25, -0.2) is 4.79 Å². The molecule has 106 valence electrons. The molecule has 1 aromatic carbocycles. The number of aliphatic carboxylic acids is 1. The van der Waals surface area contributed by atoms with Crippen molar-refractivity contribution < 1.29 is 14.6 Å². The molecule has 0 fully saturated rings. The molecule has 0 aliphatic heterocycles. The van der Waals surface area contributed by atoms with Crippen LogP contribution in [0.3, 0.4) is 0 Å². The fourth-order valence-corrected chi connectivity index (χ4v) is 2.64. The fourth-order valence-electron chi connectivity index (χ4n) is 2.64. The van der Waals surface area contributed by atoms with Crippen LogP contribution in [-0.4, -0.2) is 17.2 Å². The predicted molar refractivity (Wildman–Crippen MR) is 76.3 cm³/mol. The second-order valence-electron chi connectivity index (χ2n) is 6.88. The first-order chi connectivity index (χ1) is 8.62. The third kappa shape index (κ3) is 4.93. The Morgan fingerprint density at radius 2 is 1.68 bits per heavy atom. The molecule has 1 N–H and O–H groups in total. The molecule has 1 aromatic rings. The smallest absolute Gasteiger partial charge is 0.345 e. The molecule has 0 saturated heterocycles. The van der Waals surface area contributed by atoms with Gasteiger partial charge in [-0.1, -0.05) is 52.8 Å². The van der Waals surface area contributed by atoms with Crippen molar-refractivity contribution in [2.75, 3.05) is 0 Å². The lowest BCUT2D eigenvalue weighted by atomic mass is 9.73. The summed E-state index contributed by atoms with van der Waals surface area (Å²) in [6, 6.07) is 9.12. The van der Waals surface area contributed by atoms with Gasteiger partial charge in [0.2, 0.25) is 6.10 Å². The summed E-state index contributed by atoms with van der Waals surface area (Å²) in [6.45, 7) is 10.2. The minimum absolute atomic E-state index is 0.0528. The molecule has 0 bridgehead atoms. The number of rotatable bonds is 5. The van der Waals surface area contributed by atoms with Gasteiger partial charge < -0.3 is 9.84 Å². The maximum Gasteiger partial charge on any atom is 0.345 e. The van der Waals surface area contributed by atoms with Gasteiger partial charge in [0.25, 0.3) is 0 Å². The van der Waals surface area contributed by atoms with Gasteiger partial charge in [-0.05, 0) is 24.0 Å². The molecule has 1 atom stereocenters. The lowest BCUT2D eigenvalue weighted by molar-refractivity contribution is -0.151. The van der Waals surface area contributed by atoms with Crippen LogP contribution in [0.4, 0.5) is 0 Å². The summed E-state index contributed by atoms with van der Waals surface area (Å²) in [5.74, 6) is -0.324. The summed E-state index contributed by atoms with van der Waals surface area (Å²) in [6.07, 6.45) is -0.0850. The molecule has 3 nitrogen and oxygen atoms in total. The molecule has 0 aliphatic rings. The Kier molecular flexibility index (Phi) is 4.61. The molecular weight excluding hydrogens is 240 g/mol. The predicted octanol–water partition coefficient (Wildman–Crippen LogP) is 3.98. The second kappa shape index (κ2) is 5.64. The standard InChI is InChI=1S/C16H24O3/c1-15(2,3)11-16(4,5)13(14(17)18)19-12-9-7-6-8-10-12/h6-10,13H,11H2,1-5H3,(H,17,18). The van der Waals surface area contributed by atoms with Crippen LogP contribution >= 0.6 is 0 Å². The number of ether oxygens (including phenoxy) is 1. The monoisotopic (exact) mass is 264 g/mol. The van der Waals surface area contributed by atoms with E-state index in [1.54, 1.807) is 12.1 Å². The highest BCUT2D eigenvalue weighted by Crippen LogP contribution is 2.37. The zero-order valence-electron chi connectivity index (χ0n) is 12.4. The minimum Gasteiger partial charge on any atom is -0.478 e. The molecule has 19 heavy (non-hydrogen) atoms. The van der Waals surface area contributed by atoms with Gasteiger partial charge in [-0.15, -0.1) is 0 Å². The molecule has 0 aromatic heterocycles. The number of carboxylic acid groups (broad SMARTS) is 1. The Balaban J connectivity index is 2.91. The maximum atomic E-state index is 11.5. The largest absolute Gasteiger partial charge is 0.478 e. The molecule has 0 radical (unpaired) electrons. The van der Waals surface area contributed by atoms with Crippen LogP contribution < -0.4 is 4.74 Å². The summed E-state index contributed by atoms with van der Waals surface area (Å²) in [5.41, 5.74) is -0.392. The van der Waals surface area contributed by atoms with Crippen molar-refractivity contribution in [2.24, 2.45) is 10.8 Å². The van der Waals surface area contributed by atoms with Gasteiger partial charge in [0.1, 0.15) is 5.75 Å². The Hall–Kier alpha value is -1.51. The maximum absolute atomic E-state index is 11.5. The van der Waals surface area contributed by atoms with Crippen molar-refractivity contribution in [2.45, 2.75) is 47.1 Å². The fraction of sp³-hybridized carbons (Fsp3) is 0.562. The number of carboxylic acids is 1. The van der Waals surface area contributed by atoms with E-state index in [1.807, 2.05) is 32.0 Å². The summed E-state index contributed by atoms with van der Waals surface area (Å²) in [7, 11) is 0. The van der Waals surface area contributed by atoms with Crippen molar-refractivity contribution in [1.29, 1.82) is 0 Å². The van der Waals surface area contributed by atoms with Crippen LogP contribution in [-0.2, 0) is 4.79 Å². The second-order valence-corrected chi connectivity index (χ2v) is 6.88. The molecule has 0 aliphatic carbocycles. The third-order valence-corrected chi connectivity index (χ3v) is 2.92. The SMILES string of the molecule is CC(C)(C)CC(C)(C)C(Oc1ccccc1)C(=O)O. The summed E-state index contributed by atoms with van der Waals surface area (Å²) >= 11 is 0. The molecule has 0 spiro atoms. The Morgan fingerprint density at radius 1 is 1.16 bits per heavy atom. The number of carbonyl (C=O) groups is 1. The number of hydrogen-bond donors (Lipinski definition) is 1. The van der Waals surface area contributed by atoms with E-state index in [2.05, 4.69) is 20.8 Å². The molecule has 0 saturated carbocycles. The Bertz CT molecular complexity index is 415. The zero-order valence-corrected chi connectivity index (χ0v) is 12.4. The van der Waals surface area contributed by atoms with Crippen molar-refractivity contribution in [3.05, 3.63) is 30.3 Å². The summed E-state index contributed by atoms with van der Waals surface area (Å²) < 4.78 is 5.69. The van der Waals surface area contributed by atoms with E-state index in [-0.39, 0.29) is 5.41 Å². The number of benzene rings is 1. The Labute approximate surface area is 115 Å². The van der Waals surface area contributed by atoms with Crippen molar-refractivity contribution in [3.63, 3.8) is 0 Å². The highest BCUT2D eigenvalue weighted by molar-refractivity contribution is 5.73.